The van der Waals surface area contributed by atoms with Crippen molar-refractivity contribution in [3.8, 4) is 0 Å². The minimum atomic E-state index is -0.282. The van der Waals surface area contributed by atoms with E-state index < -0.39 is 0 Å². The molecule has 0 rings (SSSR count). The molecule has 0 amide bonds. The first-order valence-corrected chi connectivity index (χ1v) is 2.96. The lowest BCUT2D eigenvalue weighted by atomic mass is 10.3. The second-order valence-electron chi connectivity index (χ2n) is 1.52. The van der Waals surface area contributed by atoms with Crippen molar-refractivity contribution in [2.45, 2.75) is 20.3 Å². The van der Waals surface area contributed by atoms with Crippen molar-refractivity contribution in [3.05, 3.63) is 18.8 Å². The van der Waals surface area contributed by atoms with Gasteiger partial charge < -0.3 is 4.74 Å². The molecule has 0 aromatic heterocycles. The summed E-state index contributed by atoms with van der Waals surface area (Å²) >= 11 is 0. The van der Waals surface area contributed by atoms with Crippen LogP contribution in [0.5, 0.6) is 0 Å². The Bertz CT molecular complexity index is 105. The minimum absolute atomic E-state index is 0.282. The van der Waals surface area contributed by atoms with Crippen LogP contribution in [0.3, 0.4) is 0 Å². The van der Waals surface area contributed by atoms with E-state index in [1.165, 1.54) is 12.7 Å². The summed E-state index contributed by atoms with van der Waals surface area (Å²) in [6.45, 7) is 3.68. The maximum absolute atomic E-state index is 10.5. The van der Waals surface area contributed by atoms with Crippen LogP contribution in [-0.2, 0) is 9.53 Å². The van der Waals surface area contributed by atoms with E-state index in [2.05, 4.69) is 4.74 Å². The Morgan fingerprint density at radius 1 is 1.67 bits per heavy atom. The summed E-state index contributed by atoms with van der Waals surface area (Å²) in [5.41, 5.74) is 0. The summed E-state index contributed by atoms with van der Waals surface area (Å²) in [7, 11) is 0. The molecule has 0 unspecified atom stereocenters. The molecule has 0 spiro atoms. The molecule has 0 saturated carbocycles. The molecule has 0 heterocycles. The SMILES string of the molecule is C/C=C\OC(=O)[CH]CC. The number of rotatable bonds is 3. The average Bonchev–Trinajstić information content (AvgIpc) is 1.85. The average molecular weight is 127 g/mol. The van der Waals surface area contributed by atoms with Crippen molar-refractivity contribution >= 4 is 5.97 Å². The molecule has 0 aliphatic carbocycles. The fraction of sp³-hybridized carbons (Fsp3) is 0.429. The van der Waals surface area contributed by atoms with Gasteiger partial charge in [0.25, 0.3) is 0 Å². The molecule has 0 fully saturated rings. The molecule has 0 aliphatic heterocycles. The highest BCUT2D eigenvalue weighted by Crippen LogP contribution is 1.89. The Morgan fingerprint density at radius 3 is 2.78 bits per heavy atom. The highest BCUT2D eigenvalue weighted by atomic mass is 16.5. The van der Waals surface area contributed by atoms with Crippen LogP contribution in [0.15, 0.2) is 12.3 Å². The Morgan fingerprint density at radius 2 is 2.33 bits per heavy atom. The lowest BCUT2D eigenvalue weighted by Gasteiger charge is -1.92. The van der Waals surface area contributed by atoms with Gasteiger partial charge in [0.1, 0.15) is 0 Å². The van der Waals surface area contributed by atoms with E-state index in [0.717, 1.165) is 6.42 Å². The Hall–Kier alpha value is -0.790. The summed E-state index contributed by atoms with van der Waals surface area (Å²) in [5.74, 6) is -0.282. The molecule has 2 nitrogen and oxygen atoms in total. The highest BCUT2D eigenvalue weighted by Gasteiger charge is 1.95. The first kappa shape index (κ1) is 8.21. The first-order valence-electron chi connectivity index (χ1n) is 2.96. The molecule has 0 aliphatic rings. The van der Waals surface area contributed by atoms with Gasteiger partial charge in [-0.1, -0.05) is 13.0 Å². The van der Waals surface area contributed by atoms with E-state index in [1.54, 1.807) is 13.0 Å². The van der Waals surface area contributed by atoms with Crippen LogP contribution >= 0.6 is 0 Å². The maximum Gasteiger partial charge on any atom is 0.314 e. The van der Waals surface area contributed by atoms with Crippen LogP contribution in [-0.4, -0.2) is 5.97 Å². The Kier molecular flexibility index (Phi) is 4.88. The zero-order chi connectivity index (χ0) is 7.11. The lowest BCUT2D eigenvalue weighted by molar-refractivity contribution is -0.134. The van der Waals surface area contributed by atoms with E-state index in [1.807, 2.05) is 6.92 Å². The number of hydrogen-bond acceptors (Lipinski definition) is 2. The van der Waals surface area contributed by atoms with E-state index >= 15 is 0 Å². The largest absolute Gasteiger partial charge is 0.435 e. The maximum atomic E-state index is 10.5. The summed E-state index contributed by atoms with van der Waals surface area (Å²) in [6, 6.07) is 0. The lowest BCUT2D eigenvalue weighted by Crippen LogP contribution is -1.98. The fourth-order valence-electron chi connectivity index (χ4n) is 0.350. The third-order valence-electron chi connectivity index (χ3n) is 0.691. The van der Waals surface area contributed by atoms with Gasteiger partial charge in [0.05, 0.1) is 12.7 Å². The summed E-state index contributed by atoms with van der Waals surface area (Å²) in [4.78, 5) is 10.5. The topological polar surface area (TPSA) is 26.3 Å². The van der Waals surface area contributed by atoms with Crippen LogP contribution in [0.25, 0.3) is 0 Å². The van der Waals surface area contributed by atoms with Crippen molar-refractivity contribution in [3.63, 3.8) is 0 Å². The summed E-state index contributed by atoms with van der Waals surface area (Å²) in [6.07, 6.45) is 5.24. The molecule has 0 N–H and O–H groups in total. The van der Waals surface area contributed by atoms with Crippen LogP contribution < -0.4 is 0 Å². The van der Waals surface area contributed by atoms with Crippen molar-refractivity contribution in [1.82, 2.24) is 0 Å². The molecule has 1 radical (unpaired) electrons. The van der Waals surface area contributed by atoms with E-state index in [4.69, 9.17) is 0 Å². The van der Waals surface area contributed by atoms with E-state index in [9.17, 15) is 4.79 Å². The molecule has 0 aromatic rings. The van der Waals surface area contributed by atoms with Crippen LogP contribution in [0.2, 0.25) is 0 Å². The smallest absolute Gasteiger partial charge is 0.314 e. The Balaban J connectivity index is 3.27. The van der Waals surface area contributed by atoms with Gasteiger partial charge in [-0.2, -0.15) is 0 Å². The molecular formula is C7H11O2. The number of esters is 1. The molecule has 0 bridgehead atoms. The quantitative estimate of drug-likeness (QED) is 0.426. The molecule has 51 valence electrons. The van der Waals surface area contributed by atoms with Gasteiger partial charge in [-0.15, -0.1) is 0 Å². The highest BCUT2D eigenvalue weighted by molar-refractivity contribution is 5.79. The van der Waals surface area contributed by atoms with Gasteiger partial charge in [-0.05, 0) is 13.3 Å². The standard InChI is InChI=1S/C7H11O2/c1-3-5-7(8)9-6-4-2/h4-6H,3H2,1-2H3/b6-4-. The number of ether oxygens (including phenoxy) is 1. The van der Waals surface area contributed by atoms with E-state index in [0.29, 0.717) is 0 Å². The second kappa shape index (κ2) is 5.35. The minimum Gasteiger partial charge on any atom is -0.435 e. The molecule has 2 heteroatoms. The number of hydrogen-bond donors (Lipinski definition) is 0. The van der Waals surface area contributed by atoms with Gasteiger partial charge in [0.15, 0.2) is 0 Å². The van der Waals surface area contributed by atoms with Crippen molar-refractivity contribution in [2.24, 2.45) is 0 Å². The zero-order valence-corrected chi connectivity index (χ0v) is 5.76. The molecule has 0 aromatic carbocycles. The molecule has 0 saturated heterocycles. The number of carbonyl (C=O) groups is 1. The molecule has 0 atom stereocenters. The summed E-state index contributed by atoms with van der Waals surface area (Å²) in [5, 5.41) is 0. The third-order valence-corrected chi connectivity index (χ3v) is 0.691. The van der Waals surface area contributed by atoms with Crippen LogP contribution in [0.4, 0.5) is 0 Å². The van der Waals surface area contributed by atoms with E-state index in [-0.39, 0.29) is 5.97 Å². The Labute approximate surface area is 55.5 Å². The number of carbonyl (C=O) groups excluding carboxylic acids is 1. The van der Waals surface area contributed by atoms with Gasteiger partial charge in [0.2, 0.25) is 0 Å². The third kappa shape index (κ3) is 5.07. The van der Waals surface area contributed by atoms with Gasteiger partial charge in [-0.25, -0.2) is 0 Å². The molecule has 9 heavy (non-hydrogen) atoms. The molecular weight excluding hydrogens is 116 g/mol. The normalized spacial score (nSPS) is 10.0. The van der Waals surface area contributed by atoms with Crippen molar-refractivity contribution in [1.29, 1.82) is 0 Å². The zero-order valence-electron chi connectivity index (χ0n) is 5.76. The van der Waals surface area contributed by atoms with Crippen LogP contribution in [0.1, 0.15) is 20.3 Å². The van der Waals surface area contributed by atoms with Crippen molar-refractivity contribution in [2.75, 3.05) is 0 Å². The second-order valence-corrected chi connectivity index (χ2v) is 1.52. The summed E-state index contributed by atoms with van der Waals surface area (Å²) < 4.78 is 4.56. The fourth-order valence-corrected chi connectivity index (χ4v) is 0.350. The van der Waals surface area contributed by atoms with Gasteiger partial charge in [-0.3, -0.25) is 4.79 Å². The first-order chi connectivity index (χ1) is 4.31. The number of allylic oxidation sites excluding steroid dienone is 1. The van der Waals surface area contributed by atoms with Gasteiger partial charge >= 0.3 is 5.97 Å². The monoisotopic (exact) mass is 127 g/mol. The predicted octanol–water partition coefficient (Wildman–Crippen LogP) is 1.68. The van der Waals surface area contributed by atoms with Crippen molar-refractivity contribution < 1.29 is 9.53 Å². The van der Waals surface area contributed by atoms with Gasteiger partial charge in [0, 0.05) is 0 Å². The predicted molar refractivity (Wildman–Crippen MR) is 35.5 cm³/mol. The van der Waals surface area contributed by atoms with Crippen LogP contribution in [0, 0.1) is 6.42 Å².